The van der Waals surface area contributed by atoms with E-state index in [1.807, 2.05) is 20.8 Å². The lowest BCUT2D eigenvalue weighted by Crippen LogP contribution is -2.35. The minimum atomic E-state index is -0.353. The summed E-state index contributed by atoms with van der Waals surface area (Å²) in [6.45, 7) is 14.6. The summed E-state index contributed by atoms with van der Waals surface area (Å²) in [6.07, 6.45) is 0. The van der Waals surface area contributed by atoms with E-state index in [4.69, 9.17) is 0 Å². The minimum absolute atomic E-state index is 0.0700. The summed E-state index contributed by atoms with van der Waals surface area (Å²) in [5, 5.41) is 18.9. The van der Waals surface area contributed by atoms with Crippen molar-refractivity contribution < 1.29 is 4.92 Å². The molecule has 1 rings (SSSR count). The van der Waals surface area contributed by atoms with E-state index in [1.54, 1.807) is 11.6 Å². The van der Waals surface area contributed by atoms with Gasteiger partial charge in [0.1, 0.15) is 5.69 Å². The van der Waals surface area contributed by atoms with Gasteiger partial charge in [0.15, 0.2) is 0 Å². The first-order chi connectivity index (χ1) is 9.81. The van der Waals surface area contributed by atoms with Crippen LogP contribution in [0.2, 0.25) is 0 Å². The third-order valence-electron chi connectivity index (χ3n) is 3.54. The highest BCUT2D eigenvalue weighted by molar-refractivity contribution is 5.60. The predicted molar refractivity (Wildman–Crippen MR) is 84.9 cm³/mol. The van der Waals surface area contributed by atoms with Crippen molar-refractivity contribution in [3.8, 4) is 0 Å². The molecule has 0 saturated heterocycles. The first-order valence-corrected chi connectivity index (χ1v) is 7.54. The van der Waals surface area contributed by atoms with E-state index in [9.17, 15) is 10.1 Å². The van der Waals surface area contributed by atoms with Gasteiger partial charge in [0.2, 0.25) is 5.82 Å². The van der Waals surface area contributed by atoms with Crippen LogP contribution in [-0.4, -0.2) is 45.3 Å². The first kappa shape index (κ1) is 17.4. The van der Waals surface area contributed by atoms with Crippen molar-refractivity contribution in [3.05, 3.63) is 15.8 Å². The molecule has 0 fully saturated rings. The Morgan fingerprint density at radius 3 is 2.33 bits per heavy atom. The fourth-order valence-electron chi connectivity index (χ4n) is 2.41. The highest BCUT2D eigenvalue weighted by atomic mass is 16.6. The molecule has 0 radical (unpaired) electrons. The summed E-state index contributed by atoms with van der Waals surface area (Å²) in [4.78, 5) is 13.2. The van der Waals surface area contributed by atoms with Crippen LogP contribution in [0, 0.1) is 17.0 Å². The Labute approximate surface area is 126 Å². The second kappa shape index (κ2) is 7.40. The highest BCUT2D eigenvalue weighted by Gasteiger charge is 2.27. The van der Waals surface area contributed by atoms with Crippen LogP contribution in [0.25, 0.3) is 0 Å². The largest absolute Gasteiger partial charge is 0.361 e. The van der Waals surface area contributed by atoms with Crippen LogP contribution < -0.4 is 5.32 Å². The third-order valence-corrected chi connectivity index (χ3v) is 3.54. The van der Waals surface area contributed by atoms with Gasteiger partial charge in [-0.3, -0.25) is 10.1 Å². The zero-order chi connectivity index (χ0) is 16.2. The van der Waals surface area contributed by atoms with E-state index >= 15 is 0 Å². The maximum Gasteiger partial charge on any atom is 0.333 e. The number of aryl methyl sites for hydroxylation is 1. The molecule has 0 spiro atoms. The number of hydrogen-bond donors (Lipinski definition) is 1. The van der Waals surface area contributed by atoms with E-state index < -0.39 is 0 Å². The van der Waals surface area contributed by atoms with Crippen LogP contribution in [0.5, 0.6) is 0 Å². The molecule has 0 bridgehead atoms. The van der Waals surface area contributed by atoms with Gasteiger partial charge in [0, 0.05) is 18.6 Å². The average Bonchev–Trinajstić information content (AvgIpc) is 2.72. The topological polar surface area (TPSA) is 76.2 Å². The molecule has 0 aliphatic heterocycles. The molecule has 7 heteroatoms. The summed E-state index contributed by atoms with van der Waals surface area (Å²) in [5.41, 5.74) is 0.529. The summed E-state index contributed by atoms with van der Waals surface area (Å²) in [7, 11) is 0. The monoisotopic (exact) mass is 297 g/mol. The van der Waals surface area contributed by atoms with Gasteiger partial charge in [-0.25, -0.2) is 4.68 Å². The number of rotatable bonds is 8. The van der Waals surface area contributed by atoms with E-state index in [1.165, 1.54) is 0 Å². The molecule has 1 heterocycles. The van der Waals surface area contributed by atoms with Gasteiger partial charge in [-0.05, 0) is 40.8 Å². The normalized spacial score (nSPS) is 13.0. The molecular formula is C14H27N5O2. The molecule has 1 atom stereocenters. The van der Waals surface area contributed by atoms with Crippen molar-refractivity contribution in [1.29, 1.82) is 0 Å². The Balaban J connectivity index is 3.02. The molecule has 0 aliphatic rings. The standard InChI is InChI=1S/C14H27N5O2/c1-7-17(8-2)9-11(5)15-14-13(19(20)21)12(6)16-18(14)10(3)4/h10-11,15H,7-9H2,1-6H3. The van der Waals surface area contributed by atoms with Gasteiger partial charge >= 0.3 is 5.69 Å². The molecule has 120 valence electrons. The smallest absolute Gasteiger partial charge is 0.333 e. The van der Waals surface area contributed by atoms with E-state index in [2.05, 4.69) is 29.2 Å². The SMILES string of the molecule is CCN(CC)CC(C)Nc1c([N+](=O)[O-])c(C)nn1C(C)C. The fourth-order valence-corrected chi connectivity index (χ4v) is 2.41. The van der Waals surface area contributed by atoms with Gasteiger partial charge in [-0.15, -0.1) is 0 Å². The zero-order valence-electron chi connectivity index (χ0n) is 13.9. The molecule has 0 aromatic carbocycles. The molecule has 0 amide bonds. The molecule has 0 aliphatic carbocycles. The van der Waals surface area contributed by atoms with Crippen LogP contribution in [-0.2, 0) is 0 Å². The Bertz CT molecular complexity index is 480. The summed E-state index contributed by atoms with van der Waals surface area (Å²) in [6, 6.07) is 0.178. The first-order valence-electron chi connectivity index (χ1n) is 7.54. The summed E-state index contributed by atoms with van der Waals surface area (Å²) < 4.78 is 1.70. The lowest BCUT2D eigenvalue weighted by atomic mass is 10.2. The lowest BCUT2D eigenvalue weighted by Gasteiger charge is -2.24. The second-order valence-electron chi connectivity index (χ2n) is 5.61. The molecule has 21 heavy (non-hydrogen) atoms. The van der Waals surface area contributed by atoms with Gasteiger partial charge in [-0.1, -0.05) is 13.8 Å². The third kappa shape index (κ3) is 4.17. The molecule has 1 aromatic rings. The molecule has 1 aromatic heterocycles. The predicted octanol–water partition coefficient (Wildman–Crippen LogP) is 2.82. The number of anilines is 1. The zero-order valence-corrected chi connectivity index (χ0v) is 13.9. The van der Waals surface area contributed by atoms with Crippen molar-refractivity contribution in [2.75, 3.05) is 25.0 Å². The lowest BCUT2D eigenvalue weighted by molar-refractivity contribution is -0.384. The van der Waals surface area contributed by atoms with Crippen LogP contribution >= 0.6 is 0 Å². The Kier molecular flexibility index (Phi) is 6.14. The Morgan fingerprint density at radius 1 is 1.33 bits per heavy atom. The second-order valence-corrected chi connectivity index (χ2v) is 5.61. The minimum Gasteiger partial charge on any atom is -0.361 e. The number of hydrogen-bond acceptors (Lipinski definition) is 5. The number of nitrogens with one attached hydrogen (secondary N) is 1. The van der Waals surface area contributed by atoms with Gasteiger partial charge in [0.25, 0.3) is 0 Å². The van der Waals surface area contributed by atoms with Gasteiger partial charge < -0.3 is 10.2 Å². The van der Waals surface area contributed by atoms with Crippen LogP contribution in [0.1, 0.15) is 46.4 Å². The molecule has 1 unspecified atom stereocenters. The number of likely N-dealkylation sites (N-methyl/N-ethyl adjacent to an activating group) is 1. The van der Waals surface area contributed by atoms with E-state index in [-0.39, 0.29) is 22.7 Å². The van der Waals surface area contributed by atoms with Crippen molar-refractivity contribution in [2.45, 2.75) is 53.6 Å². The highest BCUT2D eigenvalue weighted by Crippen LogP contribution is 2.31. The van der Waals surface area contributed by atoms with Gasteiger partial charge in [-0.2, -0.15) is 5.10 Å². The quantitative estimate of drug-likeness (QED) is 0.590. The van der Waals surface area contributed by atoms with Crippen LogP contribution in [0.4, 0.5) is 11.5 Å². The van der Waals surface area contributed by atoms with Crippen LogP contribution in [0.15, 0.2) is 0 Å². The summed E-state index contributed by atoms with van der Waals surface area (Å²) in [5.74, 6) is 0.507. The molecule has 0 saturated carbocycles. The fraction of sp³-hybridized carbons (Fsp3) is 0.786. The molecular weight excluding hydrogens is 270 g/mol. The maximum atomic E-state index is 11.3. The van der Waals surface area contributed by atoms with E-state index in [0.29, 0.717) is 11.5 Å². The van der Waals surface area contributed by atoms with Crippen molar-refractivity contribution in [1.82, 2.24) is 14.7 Å². The van der Waals surface area contributed by atoms with Crippen LogP contribution in [0.3, 0.4) is 0 Å². The average molecular weight is 297 g/mol. The molecule has 1 N–H and O–H groups in total. The number of aromatic nitrogens is 2. The molecule has 7 nitrogen and oxygen atoms in total. The number of nitrogens with zero attached hydrogens (tertiary/aromatic N) is 4. The van der Waals surface area contributed by atoms with E-state index in [0.717, 1.165) is 19.6 Å². The van der Waals surface area contributed by atoms with Crippen molar-refractivity contribution >= 4 is 11.5 Å². The Hall–Kier alpha value is -1.63. The maximum absolute atomic E-state index is 11.3. The number of nitro groups is 1. The summed E-state index contributed by atoms with van der Waals surface area (Å²) >= 11 is 0. The van der Waals surface area contributed by atoms with Crippen molar-refractivity contribution in [3.63, 3.8) is 0 Å². The Morgan fingerprint density at radius 2 is 1.90 bits per heavy atom. The van der Waals surface area contributed by atoms with Gasteiger partial charge in [0.05, 0.1) is 4.92 Å². The van der Waals surface area contributed by atoms with Crippen molar-refractivity contribution in [2.24, 2.45) is 0 Å².